The number of allylic oxidation sites excluding steroid dienone is 4. The maximum absolute atomic E-state index is 5.07. The van der Waals surface area contributed by atoms with E-state index in [0.29, 0.717) is 17.6 Å². The third-order valence-electron chi connectivity index (χ3n) is 8.11. The molecular weight excluding hydrogens is 538 g/mol. The van der Waals surface area contributed by atoms with Crippen LogP contribution in [0.2, 0.25) is 0 Å². The second-order valence-corrected chi connectivity index (χ2v) is 10.6. The second-order valence-electron chi connectivity index (χ2n) is 10.6. The molecule has 0 aliphatic rings. The monoisotopic (exact) mass is 565 g/mol. The summed E-state index contributed by atoms with van der Waals surface area (Å²) in [5.41, 5.74) is 7.11. The molecule has 0 spiro atoms. The Labute approximate surface area is 254 Å². The molecule has 0 amide bonds. The van der Waals surface area contributed by atoms with Crippen molar-refractivity contribution in [1.29, 1.82) is 0 Å². The van der Waals surface area contributed by atoms with Crippen molar-refractivity contribution in [3.8, 4) is 23.0 Å². The van der Waals surface area contributed by atoms with Gasteiger partial charge in [-0.2, -0.15) is 9.97 Å². The fraction of sp³-hybridized carbons (Fsp3) is 0. The Morgan fingerprint density at radius 3 is 1.80 bits per heavy atom. The lowest BCUT2D eigenvalue weighted by atomic mass is 10.1. The van der Waals surface area contributed by atoms with Gasteiger partial charge in [0.2, 0.25) is 5.95 Å². The Bertz CT molecular complexity index is 2410. The average Bonchev–Trinajstić information content (AvgIpc) is 3.59. The molecule has 3 heterocycles. The molecule has 0 aliphatic heterocycles. The highest BCUT2D eigenvalue weighted by Crippen LogP contribution is 2.39. The summed E-state index contributed by atoms with van der Waals surface area (Å²) in [5.74, 6) is 1.67. The summed E-state index contributed by atoms with van der Waals surface area (Å²) in [6, 6.07) is 42.1. The number of hydrogen-bond acceptors (Lipinski definition) is 3. The smallest absolute Gasteiger partial charge is 0.238 e. The average molecular weight is 566 g/mol. The van der Waals surface area contributed by atoms with Gasteiger partial charge in [0.1, 0.15) is 0 Å². The van der Waals surface area contributed by atoms with Crippen molar-refractivity contribution in [1.82, 2.24) is 24.1 Å². The zero-order chi connectivity index (χ0) is 29.6. The number of rotatable bonds is 6. The molecule has 0 bridgehead atoms. The van der Waals surface area contributed by atoms with Crippen LogP contribution in [0.5, 0.6) is 0 Å². The van der Waals surface area contributed by atoms with Gasteiger partial charge < -0.3 is 4.57 Å². The number of para-hydroxylation sites is 3. The minimum atomic E-state index is 0.536. The fourth-order valence-corrected chi connectivity index (χ4v) is 6.17. The maximum atomic E-state index is 5.07. The van der Waals surface area contributed by atoms with Gasteiger partial charge in [-0.3, -0.25) is 4.57 Å². The molecule has 8 rings (SSSR count). The van der Waals surface area contributed by atoms with E-state index in [2.05, 4.69) is 113 Å². The Morgan fingerprint density at radius 1 is 0.545 bits per heavy atom. The van der Waals surface area contributed by atoms with Crippen molar-refractivity contribution in [3.05, 3.63) is 159 Å². The van der Waals surface area contributed by atoms with E-state index < -0.39 is 0 Å². The van der Waals surface area contributed by atoms with Crippen molar-refractivity contribution in [3.63, 3.8) is 0 Å². The van der Waals surface area contributed by atoms with E-state index in [1.54, 1.807) is 12.2 Å². The van der Waals surface area contributed by atoms with E-state index in [0.717, 1.165) is 49.7 Å². The Kier molecular flexibility index (Phi) is 6.02. The summed E-state index contributed by atoms with van der Waals surface area (Å²) < 4.78 is 4.49. The molecule has 0 fully saturated rings. The Morgan fingerprint density at radius 2 is 1.14 bits per heavy atom. The lowest BCUT2D eigenvalue weighted by molar-refractivity contribution is 0.932. The van der Waals surface area contributed by atoms with E-state index in [1.165, 1.54) is 10.8 Å². The summed E-state index contributed by atoms with van der Waals surface area (Å²) in [6.07, 6.45) is 5.35. The van der Waals surface area contributed by atoms with Crippen LogP contribution in [0.3, 0.4) is 0 Å². The quantitative estimate of drug-likeness (QED) is 0.189. The lowest BCUT2D eigenvalue weighted by Gasteiger charge is -2.11. The van der Waals surface area contributed by atoms with Crippen molar-refractivity contribution >= 4 is 49.2 Å². The Hall–Kier alpha value is -6.07. The topological polar surface area (TPSA) is 48.5 Å². The van der Waals surface area contributed by atoms with Gasteiger partial charge in [0, 0.05) is 38.4 Å². The summed E-state index contributed by atoms with van der Waals surface area (Å²) in [5, 5.41) is 4.68. The molecule has 0 unspecified atom stereocenters. The third kappa shape index (κ3) is 3.98. The van der Waals surface area contributed by atoms with Crippen molar-refractivity contribution in [2.75, 3.05) is 0 Å². The van der Waals surface area contributed by atoms with E-state index in [9.17, 15) is 0 Å². The molecule has 5 aromatic carbocycles. The molecule has 0 saturated carbocycles. The maximum Gasteiger partial charge on any atom is 0.238 e. The summed E-state index contributed by atoms with van der Waals surface area (Å²) in [7, 11) is 0. The zero-order valence-corrected chi connectivity index (χ0v) is 23.9. The first kappa shape index (κ1) is 25.6. The van der Waals surface area contributed by atoms with Gasteiger partial charge >= 0.3 is 0 Å². The summed E-state index contributed by atoms with van der Waals surface area (Å²) in [6.45, 7) is 7.90. The molecule has 0 saturated heterocycles. The van der Waals surface area contributed by atoms with E-state index in [4.69, 9.17) is 15.0 Å². The van der Waals surface area contributed by atoms with Crippen molar-refractivity contribution < 1.29 is 0 Å². The van der Waals surface area contributed by atoms with Crippen molar-refractivity contribution in [2.24, 2.45) is 0 Å². The number of nitrogens with zero attached hydrogens (tertiary/aromatic N) is 5. The van der Waals surface area contributed by atoms with Gasteiger partial charge in [-0.25, -0.2) is 4.98 Å². The third-order valence-corrected chi connectivity index (χ3v) is 8.11. The number of hydrogen-bond donors (Lipinski definition) is 0. The van der Waals surface area contributed by atoms with E-state index in [-0.39, 0.29) is 0 Å². The number of aromatic nitrogens is 5. The van der Waals surface area contributed by atoms with Gasteiger partial charge in [-0.15, -0.1) is 0 Å². The van der Waals surface area contributed by atoms with Gasteiger partial charge in [-0.1, -0.05) is 116 Å². The van der Waals surface area contributed by atoms with Crippen LogP contribution in [0.15, 0.2) is 153 Å². The summed E-state index contributed by atoms with van der Waals surface area (Å²) >= 11 is 0. The highest BCUT2D eigenvalue weighted by Gasteiger charge is 2.21. The predicted octanol–water partition coefficient (Wildman–Crippen LogP) is 9.49. The first-order valence-electron chi connectivity index (χ1n) is 14.5. The zero-order valence-electron chi connectivity index (χ0n) is 23.9. The molecule has 0 aliphatic carbocycles. The van der Waals surface area contributed by atoms with Gasteiger partial charge in [0.05, 0.1) is 22.1 Å². The van der Waals surface area contributed by atoms with Crippen LogP contribution in [-0.4, -0.2) is 24.1 Å². The van der Waals surface area contributed by atoms with Gasteiger partial charge in [-0.05, 0) is 36.4 Å². The van der Waals surface area contributed by atoms with Crippen LogP contribution in [0, 0.1) is 0 Å². The predicted molar refractivity (Wildman–Crippen MR) is 182 cm³/mol. The first-order valence-corrected chi connectivity index (χ1v) is 14.5. The number of fused-ring (bicyclic) bond motifs is 6. The highest BCUT2D eigenvalue weighted by molar-refractivity contribution is 6.19. The van der Waals surface area contributed by atoms with E-state index >= 15 is 0 Å². The van der Waals surface area contributed by atoms with Crippen LogP contribution >= 0.6 is 0 Å². The molecular formula is C39H27N5. The standard InChI is InChI=1S/C39H27N5/c1-3-15-26(4-2)37-40-38(27-16-7-5-8-17-27)42-39(41-37)44-34-23-14-12-21-30(34)32-24-31-29-20-11-13-22-33(29)43(35(31)25-36(32)44)28-18-9-6-10-19-28/h3-25H,1-2H2/b26-15+. The molecule has 0 radical (unpaired) electrons. The first-order chi connectivity index (χ1) is 21.7. The normalized spacial score (nSPS) is 12.0. The second kappa shape index (κ2) is 10.3. The minimum absolute atomic E-state index is 0.536. The molecule has 208 valence electrons. The molecule has 0 N–H and O–H groups in total. The van der Waals surface area contributed by atoms with Crippen LogP contribution in [0.1, 0.15) is 5.82 Å². The Balaban J connectivity index is 1.51. The summed E-state index contributed by atoms with van der Waals surface area (Å²) in [4.78, 5) is 15.0. The van der Waals surface area contributed by atoms with Gasteiger partial charge in [0.25, 0.3) is 0 Å². The SMILES string of the molecule is C=C/C=C(\C=C)c1nc(-c2ccccc2)nc(-n2c3ccccc3c3cc4c5ccccc5n(-c5ccccc5)c4cc32)n1. The fourth-order valence-electron chi connectivity index (χ4n) is 6.17. The van der Waals surface area contributed by atoms with Crippen LogP contribution in [-0.2, 0) is 0 Å². The largest absolute Gasteiger partial charge is 0.309 e. The molecule has 8 aromatic rings. The molecule has 3 aromatic heterocycles. The van der Waals surface area contributed by atoms with Gasteiger partial charge in [0.15, 0.2) is 11.6 Å². The van der Waals surface area contributed by atoms with Crippen LogP contribution in [0.4, 0.5) is 0 Å². The van der Waals surface area contributed by atoms with Crippen LogP contribution in [0.25, 0.3) is 72.2 Å². The van der Waals surface area contributed by atoms with Crippen LogP contribution < -0.4 is 0 Å². The molecule has 5 heteroatoms. The molecule has 0 atom stereocenters. The highest BCUT2D eigenvalue weighted by atomic mass is 15.2. The minimum Gasteiger partial charge on any atom is -0.309 e. The lowest BCUT2D eigenvalue weighted by Crippen LogP contribution is -2.08. The van der Waals surface area contributed by atoms with Crippen molar-refractivity contribution in [2.45, 2.75) is 0 Å². The van der Waals surface area contributed by atoms with E-state index in [1.807, 2.05) is 36.4 Å². The molecule has 5 nitrogen and oxygen atoms in total. The number of benzene rings is 5. The molecule has 44 heavy (non-hydrogen) atoms.